The van der Waals surface area contributed by atoms with Crippen molar-refractivity contribution in [3.8, 4) is 11.1 Å². The largest absolute Gasteiger partial charge is 0.422 e. The number of hydrogen-bond donors (Lipinski definition) is 0. The van der Waals surface area contributed by atoms with E-state index in [0.29, 0.717) is 11.1 Å². The van der Waals surface area contributed by atoms with E-state index in [1.54, 1.807) is 0 Å². The first kappa shape index (κ1) is 13.5. The Balaban J connectivity index is 2.07. The third kappa shape index (κ3) is 2.22. The SMILES string of the molecule is O=c1oc2ccc3ccccc3c2cc1-c1ccc(I)cc1. The Morgan fingerprint density at radius 2 is 1.59 bits per heavy atom. The minimum atomic E-state index is -0.302. The second kappa shape index (κ2) is 5.25. The zero-order chi connectivity index (χ0) is 15.1. The summed E-state index contributed by atoms with van der Waals surface area (Å²) >= 11 is 2.25. The summed E-state index contributed by atoms with van der Waals surface area (Å²) in [6.07, 6.45) is 0. The number of benzene rings is 3. The normalized spacial score (nSPS) is 11.1. The fourth-order valence-electron chi connectivity index (χ4n) is 2.70. The number of hydrogen-bond acceptors (Lipinski definition) is 2. The van der Waals surface area contributed by atoms with Gasteiger partial charge in [0.15, 0.2) is 0 Å². The van der Waals surface area contributed by atoms with Crippen LogP contribution < -0.4 is 5.63 Å². The Morgan fingerprint density at radius 1 is 0.818 bits per heavy atom. The van der Waals surface area contributed by atoms with Crippen LogP contribution in [-0.4, -0.2) is 0 Å². The number of halogens is 1. The molecular formula is C19H11IO2. The van der Waals surface area contributed by atoms with E-state index in [1.165, 1.54) is 0 Å². The molecule has 0 radical (unpaired) electrons. The van der Waals surface area contributed by atoms with Gasteiger partial charge in [-0.05, 0) is 63.2 Å². The fraction of sp³-hybridized carbons (Fsp3) is 0. The third-order valence-electron chi connectivity index (χ3n) is 3.80. The minimum absolute atomic E-state index is 0.302. The molecule has 106 valence electrons. The van der Waals surface area contributed by atoms with Gasteiger partial charge in [-0.2, -0.15) is 0 Å². The van der Waals surface area contributed by atoms with Crippen molar-refractivity contribution in [2.45, 2.75) is 0 Å². The highest BCUT2D eigenvalue weighted by atomic mass is 127. The average Bonchev–Trinajstić information content (AvgIpc) is 2.55. The van der Waals surface area contributed by atoms with E-state index in [4.69, 9.17) is 4.42 Å². The summed E-state index contributed by atoms with van der Waals surface area (Å²) in [6.45, 7) is 0. The van der Waals surface area contributed by atoms with Gasteiger partial charge in [0.25, 0.3) is 0 Å². The second-order valence-electron chi connectivity index (χ2n) is 5.15. The van der Waals surface area contributed by atoms with Gasteiger partial charge in [-0.1, -0.05) is 42.5 Å². The van der Waals surface area contributed by atoms with Crippen molar-refractivity contribution in [2.75, 3.05) is 0 Å². The lowest BCUT2D eigenvalue weighted by molar-refractivity contribution is 0.564. The lowest BCUT2D eigenvalue weighted by atomic mass is 10.0. The molecule has 0 saturated carbocycles. The van der Waals surface area contributed by atoms with Gasteiger partial charge in [0.2, 0.25) is 0 Å². The minimum Gasteiger partial charge on any atom is -0.422 e. The topological polar surface area (TPSA) is 30.2 Å². The summed E-state index contributed by atoms with van der Waals surface area (Å²) < 4.78 is 6.66. The summed E-state index contributed by atoms with van der Waals surface area (Å²) in [5, 5.41) is 3.19. The Bertz CT molecular complexity index is 1050. The van der Waals surface area contributed by atoms with Crippen molar-refractivity contribution in [2.24, 2.45) is 0 Å². The van der Waals surface area contributed by atoms with Crippen LogP contribution in [0.25, 0.3) is 32.9 Å². The van der Waals surface area contributed by atoms with Crippen molar-refractivity contribution in [3.05, 3.63) is 80.7 Å². The molecule has 0 aliphatic carbocycles. The van der Waals surface area contributed by atoms with Gasteiger partial charge < -0.3 is 4.42 Å². The van der Waals surface area contributed by atoms with Crippen LogP contribution in [0.4, 0.5) is 0 Å². The predicted molar refractivity (Wildman–Crippen MR) is 98.1 cm³/mol. The molecule has 0 bridgehead atoms. The molecule has 0 amide bonds. The van der Waals surface area contributed by atoms with Crippen LogP contribution in [0.2, 0.25) is 0 Å². The Kier molecular flexibility index (Phi) is 3.22. The molecule has 0 aliphatic heterocycles. The van der Waals surface area contributed by atoms with Crippen molar-refractivity contribution >= 4 is 44.3 Å². The quantitative estimate of drug-likeness (QED) is 0.250. The molecule has 3 aromatic carbocycles. The zero-order valence-electron chi connectivity index (χ0n) is 11.5. The Labute approximate surface area is 140 Å². The Hall–Kier alpha value is -2.14. The highest BCUT2D eigenvalue weighted by Gasteiger charge is 2.09. The van der Waals surface area contributed by atoms with Gasteiger partial charge in [0, 0.05) is 8.96 Å². The van der Waals surface area contributed by atoms with Crippen LogP contribution in [0.15, 0.2) is 75.9 Å². The highest BCUT2D eigenvalue weighted by molar-refractivity contribution is 14.1. The van der Waals surface area contributed by atoms with Gasteiger partial charge in [-0.15, -0.1) is 0 Å². The van der Waals surface area contributed by atoms with E-state index in [9.17, 15) is 4.79 Å². The lowest BCUT2D eigenvalue weighted by Gasteiger charge is -2.06. The predicted octanol–water partition coefficient (Wildman–Crippen LogP) is 5.22. The van der Waals surface area contributed by atoms with E-state index < -0.39 is 0 Å². The van der Waals surface area contributed by atoms with Crippen molar-refractivity contribution in [3.63, 3.8) is 0 Å². The van der Waals surface area contributed by atoms with Gasteiger partial charge in [-0.25, -0.2) is 4.79 Å². The smallest absolute Gasteiger partial charge is 0.344 e. The van der Waals surface area contributed by atoms with Crippen LogP contribution in [-0.2, 0) is 0 Å². The molecule has 2 nitrogen and oxygen atoms in total. The first-order valence-electron chi connectivity index (χ1n) is 6.94. The molecule has 0 fully saturated rings. The van der Waals surface area contributed by atoms with E-state index in [2.05, 4.69) is 34.7 Å². The zero-order valence-corrected chi connectivity index (χ0v) is 13.7. The molecule has 0 aliphatic rings. The maximum atomic E-state index is 12.3. The molecule has 1 heterocycles. The van der Waals surface area contributed by atoms with E-state index >= 15 is 0 Å². The summed E-state index contributed by atoms with van der Waals surface area (Å²) in [6, 6.07) is 21.8. The molecule has 0 unspecified atom stereocenters. The maximum Gasteiger partial charge on any atom is 0.344 e. The van der Waals surface area contributed by atoms with Crippen molar-refractivity contribution < 1.29 is 4.42 Å². The van der Waals surface area contributed by atoms with Gasteiger partial charge >= 0.3 is 5.63 Å². The number of fused-ring (bicyclic) bond motifs is 3. The van der Waals surface area contributed by atoms with E-state index in [-0.39, 0.29) is 5.63 Å². The van der Waals surface area contributed by atoms with Gasteiger partial charge in [0.05, 0.1) is 5.56 Å². The summed E-state index contributed by atoms with van der Waals surface area (Å²) in [4.78, 5) is 12.3. The molecule has 0 atom stereocenters. The Morgan fingerprint density at radius 3 is 2.41 bits per heavy atom. The molecule has 3 heteroatoms. The fourth-order valence-corrected chi connectivity index (χ4v) is 3.06. The first-order valence-corrected chi connectivity index (χ1v) is 8.02. The van der Waals surface area contributed by atoms with Crippen LogP contribution in [0, 0.1) is 3.57 Å². The highest BCUT2D eigenvalue weighted by Crippen LogP contribution is 2.28. The van der Waals surface area contributed by atoms with Crippen LogP contribution in [0.1, 0.15) is 0 Å². The molecule has 0 N–H and O–H groups in total. The monoisotopic (exact) mass is 398 g/mol. The average molecular weight is 398 g/mol. The van der Waals surface area contributed by atoms with E-state index in [0.717, 1.165) is 25.3 Å². The molecule has 1 aromatic heterocycles. The lowest BCUT2D eigenvalue weighted by Crippen LogP contribution is -2.02. The van der Waals surface area contributed by atoms with Crippen LogP contribution >= 0.6 is 22.6 Å². The van der Waals surface area contributed by atoms with Crippen LogP contribution in [0.5, 0.6) is 0 Å². The maximum absolute atomic E-state index is 12.3. The van der Waals surface area contributed by atoms with Gasteiger partial charge in [0.1, 0.15) is 5.58 Å². The molecule has 4 aromatic rings. The van der Waals surface area contributed by atoms with Crippen LogP contribution in [0.3, 0.4) is 0 Å². The summed E-state index contributed by atoms with van der Waals surface area (Å²) in [5.74, 6) is 0. The van der Waals surface area contributed by atoms with Crippen molar-refractivity contribution in [1.29, 1.82) is 0 Å². The molecule has 0 spiro atoms. The first-order chi connectivity index (χ1) is 10.7. The second-order valence-corrected chi connectivity index (χ2v) is 6.40. The molecule has 22 heavy (non-hydrogen) atoms. The van der Waals surface area contributed by atoms with Gasteiger partial charge in [-0.3, -0.25) is 0 Å². The third-order valence-corrected chi connectivity index (χ3v) is 4.52. The summed E-state index contributed by atoms with van der Waals surface area (Å²) in [5.41, 5.74) is 1.80. The molecule has 0 saturated heterocycles. The van der Waals surface area contributed by atoms with E-state index in [1.807, 2.05) is 54.6 Å². The number of rotatable bonds is 1. The summed E-state index contributed by atoms with van der Waals surface area (Å²) in [7, 11) is 0. The molecular weight excluding hydrogens is 387 g/mol. The molecule has 4 rings (SSSR count). The standard InChI is InChI=1S/C19H11IO2/c20-14-8-5-13(6-9-14)16-11-17-15-4-2-1-3-12(15)7-10-18(17)22-19(16)21/h1-11H. The van der Waals surface area contributed by atoms with Crippen molar-refractivity contribution in [1.82, 2.24) is 0 Å².